The number of ether oxygens (including phenoxy) is 1. The minimum Gasteiger partial charge on any atom is -0.376 e. The van der Waals surface area contributed by atoms with Gasteiger partial charge in [0, 0.05) is 37.9 Å². The van der Waals surface area contributed by atoms with Crippen molar-refractivity contribution in [1.29, 1.82) is 0 Å². The number of rotatable bonds is 8. The maximum absolute atomic E-state index is 10.8. The van der Waals surface area contributed by atoms with E-state index in [0.717, 1.165) is 50.6 Å². The number of guanidine groups is 1. The maximum Gasteiger partial charge on any atom is 0.269 e. The number of benzene rings is 1. The first kappa shape index (κ1) is 21.5. The predicted octanol–water partition coefficient (Wildman–Crippen LogP) is 2.68. The molecule has 1 aromatic carbocycles. The Hall–Kier alpha value is -2.19. The quantitative estimate of drug-likeness (QED) is 0.300. The van der Waals surface area contributed by atoms with Crippen LogP contribution in [0.1, 0.15) is 44.6 Å². The molecule has 0 spiro atoms. The van der Waals surface area contributed by atoms with Crippen molar-refractivity contribution in [3.8, 4) is 0 Å². The lowest BCUT2D eigenvalue weighted by Gasteiger charge is -2.26. The van der Waals surface area contributed by atoms with Gasteiger partial charge in [0.1, 0.15) is 0 Å². The fourth-order valence-electron chi connectivity index (χ4n) is 4.00. The molecule has 2 fully saturated rings. The largest absolute Gasteiger partial charge is 0.376 e. The van der Waals surface area contributed by atoms with E-state index < -0.39 is 0 Å². The molecular formula is C21H33N5O3. The molecule has 2 aliphatic rings. The first-order valence-corrected chi connectivity index (χ1v) is 10.8. The highest BCUT2D eigenvalue weighted by Gasteiger charge is 2.23. The van der Waals surface area contributed by atoms with E-state index in [1.165, 1.54) is 37.9 Å². The van der Waals surface area contributed by atoms with E-state index in [1.807, 2.05) is 0 Å². The van der Waals surface area contributed by atoms with Crippen LogP contribution in [0.15, 0.2) is 29.3 Å². The molecule has 0 aliphatic carbocycles. The second-order valence-corrected chi connectivity index (χ2v) is 7.76. The summed E-state index contributed by atoms with van der Waals surface area (Å²) >= 11 is 0. The topological polar surface area (TPSA) is 92.0 Å². The SMILES string of the molecule is CCN1CCCC1CNC(=NCc1ccc([N+](=O)[O-])cc1)NCC1CCCCO1. The van der Waals surface area contributed by atoms with Crippen molar-refractivity contribution in [3.05, 3.63) is 39.9 Å². The number of hydrogen-bond donors (Lipinski definition) is 2. The van der Waals surface area contributed by atoms with Crippen LogP contribution < -0.4 is 10.6 Å². The van der Waals surface area contributed by atoms with Gasteiger partial charge < -0.3 is 15.4 Å². The van der Waals surface area contributed by atoms with E-state index in [9.17, 15) is 10.1 Å². The molecule has 2 N–H and O–H groups in total. The molecule has 0 bridgehead atoms. The molecule has 8 heteroatoms. The van der Waals surface area contributed by atoms with Crippen molar-refractivity contribution >= 4 is 11.6 Å². The molecule has 2 aliphatic heterocycles. The third-order valence-corrected chi connectivity index (χ3v) is 5.75. The van der Waals surface area contributed by atoms with Gasteiger partial charge in [-0.05, 0) is 50.8 Å². The zero-order chi connectivity index (χ0) is 20.5. The van der Waals surface area contributed by atoms with E-state index in [2.05, 4.69) is 22.5 Å². The van der Waals surface area contributed by atoms with Gasteiger partial charge in [-0.15, -0.1) is 0 Å². The predicted molar refractivity (Wildman–Crippen MR) is 114 cm³/mol. The van der Waals surface area contributed by atoms with Crippen molar-refractivity contribution in [2.24, 2.45) is 4.99 Å². The third-order valence-electron chi connectivity index (χ3n) is 5.75. The van der Waals surface area contributed by atoms with E-state index in [0.29, 0.717) is 12.6 Å². The number of aliphatic imine (C=N–C) groups is 1. The first-order chi connectivity index (χ1) is 14.2. The number of non-ortho nitro benzene ring substituents is 1. The van der Waals surface area contributed by atoms with Crippen molar-refractivity contribution in [2.45, 2.75) is 57.7 Å². The van der Waals surface area contributed by atoms with Gasteiger partial charge in [-0.3, -0.25) is 15.0 Å². The molecule has 160 valence electrons. The first-order valence-electron chi connectivity index (χ1n) is 10.8. The lowest BCUT2D eigenvalue weighted by Crippen LogP contribution is -2.47. The number of hydrogen-bond acceptors (Lipinski definition) is 5. The Morgan fingerprint density at radius 2 is 2.00 bits per heavy atom. The summed E-state index contributed by atoms with van der Waals surface area (Å²) in [6.07, 6.45) is 6.12. The number of nitrogens with one attached hydrogen (secondary N) is 2. The van der Waals surface area contributed by atoms with Crippen LogP contribution in [-0.4, -0.2) is 60.7 Å². The van der Waals surface area contributed by atoms with Gasteiger partial charge in [0.25, 0.3) is 5.69 Å². The van der Waals surface area contributed by atoms with Gasteiger partial charge in [0.05, 0.1) is 17.6 Å². The van der Waals surface area contributed by atoms with Crippen LogP contribution in [0.4, 0.5) is 5.69 Å². The van der Waals surface area contributed by atoms with Gasteiger partial charge in [0.15, 0.2) is 5.96 Å². The van der Waals surface area contributed by atoms with E-state index in [1.54, 1.807) is 12.1 Å². The average molecular weight is 404 g/mol. The number of likely N-dealkylation sites (tertiary alicyclic amines) is 1. The summed E-state index contributed by atoms with van der Waals surface area (Å²) < 4.78 is 5.82. The minimum absolute atomic E-state index is 0.101. The Morgan fingerprint density at radius 1 is 1.21 bits per heavy atom. The monoisotopic (exact) mass is 403 g/mol. The number of nitro benzene ring substituents is 1. The molecule has 0 radical (unpaired) electrons. The second kappa shape index (κ2) is 11.1. The second-order valence-electron chi connectivity index (χ2n) is 7.76. The maximum atomic E-state index is 10.8. The van der Waals surface area contributed by atoms with Crippen LogP contribution in [-0.2, 0) is 11.3 Å². The Bertz CT molecular complexity index is 673. The highest BCUT2D eigenvalue weighted by Crippen LogP contribution is 2.16. The Labute approximate surface area is 172 Å². The number of likely N-dealkylation sites (N-methyl/N-ethyl adjacent to an activating group) is 1. The summed E-state index contributed by atoms with van der Waals surface area (Å²) in [5.74, 6) is 0.778. The summed E-state index contributed by atoms with van der Waals surface area (Å²) in [4.78, 5) is 17.7. The van der Waals surface area contributed by atoms with Crippen LogP contribution in [0.25, 0.3) is 0 Å². The van der Waals surface area contributed by atoms with E-state index in [4.69, 9.17) is 9.73 Å². The number of nitro groups is 1. The lowest BCUT2D eigenvalue weighted by atomic mass is 10.1. The zero-order valence-electron chi connectivity index (χ0n) is 17.3. The highest BCUT2D eigenvalue weighted by atomic mass is 16.6. The minimum atomic E-state index is -0.382. The summed E-state index contributed by atoms with van der Waals surface area (Å²) in [5.41, 5.74) is 1.05. The lowest BCUT2D eigenvalue weighted by molar-refractivity contribution is -0.384. The van der Waals surface area contributed by atoms with Gasteiger partial charge in [-0.2, -0.15) is 0 Å². The Morgan fingerprint density at radius 3 is 2.69 bits per heavy atom. The van der Waals surface area contributed by atoms with Gasteiger partial charge in [0.2, 0.25) is 0 Å². The van der Waals surface area contributed by atoms with Crippen LogP contribution in [0.3, 0.4) is 0 Å². The molecule has 0 saturated carbocycles. The summed E-state index contributed by atoms with van der Waals surface area (Å²) in [5, 5.41) is 17.8. The molecule has 0 amide bonds. The standard InChI is InChI=1S/C21H33N5O3/c1-2-25-12-5-6-19(25)15-23-21(24-16-20-7-3-4-13-29-20)22-14-17-8-10-18(11-9-17)26(27)28/h8-11,19-20H,2-7,12-16H2,1H3,(H2,22,23,24). The third kappa shape index (κ3) is 6.68. The molecule has 3 rings (SSSR count). The normalized spacial score (nSPS) is 23.1. The van der Waals surface area contributed by atoms with Gasteiger partial charge >= 0.3 is 0 Å². The summed E-state index contributed by atoms with van der Waals surface area (Å²) in [6, 6.07) is 7.12. The van der Waals surface area contributed by atoms with E-state index in [-0.39, 0.29) is 16.7 Å². The number of nitrogens with zero attached hydrogens (tertiary/aromatic N) is 3. The van der Waals surface area contributed by atoms with Crippen molar-refractivity contribution in [3.63, 3.8) is 0 Å². The fraction of sp³-hybridized carbons (Fsp3) is 0.667. The molecule has 2 heterocycles. The fourth-order valence-corrected chi connectivity index (χ4v) is 4.00. The molecule has 2 saturated heterocycles. The zero-order valence-corrected chi connectivity index (χ0v) is 17.3. The summed E-state index contributed by atoms with van der Waals surface area (Å²) in [7, 11) is 0. The Kier molecular flexibility index (Phi) is 8.25. The molecule has 0 aromatic heterocycles. The molecule has 29 heavy (non-hydrogen) atoms. The van der Waals surface area contributed by atoms with E-state index >= 15 is 0 Å². The van der Waals surface area contributed by atoms with Crippen LogP contribution in [0, 0.1) is 10.1 Å². The molecule has 2 atom stereocenters. The molecule has 1 aromatic rings. The molecular weight excluding hydrogens is 370 g/mol. The smallest absolute Gasteiger partial charge is 0.269 e. The van der Waals surface area contributed by atoms with Crippen molar-refractivity contribution in [2.75, 3.05) is 32.8 Å². The molecule has 2 unspecified atom stereocenters. The van der Waals surface area contributed by atoms with Crippen LogP contribution in [0.5, 0.6) is 0 Å². The van der Waals surface area contributed by atoms with Gasteiger partial charge in [-0.1, -0.05) is 19.1 Å². The Balaban J connectivity index is 1.58. The van der Waals surface area contributed by atoms with Crippen LogP contribution in [0.2, 0.25) is 0 Å². The van der Waals surface area contributed by atoms with Crippen LogP contribution >= 0.6 is 0 Å². The average Bonchev–Trinajstić information content (AvgIpc) is 3.22. The highest BCUT2D eigenvalue weighted by molar-refractivity contribution is 5.79. The van der Waals surface area contributed by atoms with Crippen molar-refractivity contribution in [1.82, 2.24) is 15.5 Å². The van der Waals surface area contributed by atoms with Crippen molar-refractivity contribution < 1.29 is 9.66 Å². The summed E-state index contributed by atoms with van der Waals surface area (Å²) in [6.45, 7) is 7.37. The van der Waals surface area contributed by atoms with Gasteiger partial charge in [-0.25, -0.2) is 4.99 Å². The molecule has 8 nitrogen and oxygen atoms in total.